The van der Waals surface area contributed by atoms with E-state index in [-0.39, 0.29) is 68.7 Å². The van der Waals surface area contributed by atoms with Gasteiger partial charge < -0.3 is 14.4 Å². The van der Waals surface area contributed by atoms with Gasteiger partial charge >= 0.3 is 51.4 Å². The zero-order valence-electron chi connectivity index (χ0n) is 12.8. The number of carbonyl (C=O) groups is 1. The number of likely N-dealkylation sites (tertiary alicyclic amines) is 1. The molecule has 1 fully saturated rings. The van der Waals surface area contributed by atoms with Crippen molar-refractivity contribution in [2.24, 2.45) is 5.92 Å². The summed E-state index contributed by atoms with van der Waals surface area (Å²) in [7, 11) is 3.86. The molecule has 2 heterocycles. The normalized spacial score (nSPS) is 36.1. The van der Waals surface area contributed by atoms with E-state index in [2.05, 4.69) is 24.1 Å². The van der Waals surface area contributed by atoms with Gasteiger partial charge in [0.15, 0.2) is 23.4 Å². The third kappa shape index (κ3) is 1.86. The van der Waals surface area contributed by atoms with Gasteiger partial charge in [0.05, 0.1) is 12.5 Å². The number of hydrogen-bond donors (Lipinski definition) is 0. The first-order chi connectivity index (χ1) is 10.7. The Hall–Kier alpha value is -0.174. The monoisotopic (exact) mass is 337 g/mol. The molecule has 0 aromatic heterocycles. The molecule has 1 saturated heterocycles. The molecule has 4 nitrogen and oxygen atoms in total. The van der Waals surface area contributed by atoms with E-state index in [0.717, 1.165) is 30.9 Å². The molecule has 1 aromatic rings. The van der Waals surface area contributed by atoms with Crippen molar-refractivity contribution in [3.63, 3.8) is 0 Å². The summed E-state index contributed by atoms with van der Waals surface area (Å²) in [6.45, 7) is 1.01. The molecule has 1 spiro atoms. The van der Waals surface area contributed by atoms with Crippen LogP contribution in [0.3, 0.4) is 0 Å². The third-order valence-corrected chi connectivity index (χ3v) is 6.21. The van der Waals surface area contributed by atoms with Crippen LogP contribution in [0, 0.1) is 5.92 Å². The van der Waals surface area contributed by atoms with E-state index in [9.17, 15) is 4.79 Å². The van der Waals surface area contributed by atoms with Gasteiger partial charge in [-0.1, -0.05) is 12.1 Å². The molecular formula is C18H20KNO3. The first-order valence-corrected chi connectivity index (χ1v) is 7.96. The molecular weight excluding hydrogens is 317 g/mol. The van der Waals surface area contributed by atoms with Crippen molar-refractivity contribution in [1.29, 1.82) is 0 Å². The third-order valence-electron chi connectivity index (χ3n) is 6.21. The Morgan fingerprint density at radius 3 is 3.00 bits per heavy atom. The standard InChI is InChI=1S/C18H19NO3.K.H/c1-19-8-7-18-11-4-5-13(20)17(18)22-16-14(21-2)6-3-10(15(16)18)9-12(11)19;;/h3-6,11-12,17H,7-9H2,1-2H3;;/t11-,12+,17-,18-;;/m0../s1. The summed E-state index contributed by atoms with van der Waals surface area (Å²) in [6.07, 6.45) is 5.50. The maximum absolute atomic E-state index is 12.5. The Labute approximate surface area is 178 Å². The molecule has 2 aliphatic heterocycles. The predicted molar refractivity (Wildman–Crippen MR) is 88.6 cm³/mol. The van der Waals surface area contributed by atoms with Crippen molar-refractivity contribution in [2.75, 3.05) is 20.7 Å². The Morgan fingerprint density at radius 2 is 2.22 bits per heavy atom. The van der Waals surface area contributed by atoms with E-state index < -0.39 is 0 Å². The Balaban J connectivity index is 0.00000135. The number of benzene rings is 1. The van der Waals surface area contributed by atoms with E-state index in [0.29, 0.717) is 12.0 Å². The molecule has 2 aliphatic carbocycles. The molecule has 4 atom stereocenters. The van der Waals surface area contributed by atoms with Gasteiger partial charge in [0.1, 0.15) is 0 Å². The average molecular weight is 337 g/mol. The molecule has 0 unspecified atom stereocenters. The van der Waals surface area contributed by atoms with Gasteiger partial charge in [-0.15, -0.1) is 0 Å². The molecule has 0 amide bonds. The zero-order valence-corrected chi connectivity index (χ0v) is 12.8. The van der Waals surface area contributed by atoms with Crippen LogP contribution in [0.1, 0.15) is 17.5 Å². The number of carbonyl (C=O) groups excluding carboxylic acids is 1. The molecule has 0 N–H and O–H groups in total. The number of ether oxygens (including phenoxy) is 2. The molecule has 0 radical (unpaired) electrons. The van der Waals surface area contributed by atoms with Gasteiger partial charge in [-0.2, -0.15) is 0 Å². The van der Waals surface area contributed by atoms with Gasteiger partial charge in [-0.25, -0.2) is 0 Å². The molecule has 2 bridgehead atoms. The van der Waals surface area contributed by atoms with Crippen LogP contribution in [0.15, 0.2) is 24.3 Å². The number of rotatable bonds is 1. The van der Waals surface area contributed by atoms with Crippen LogP contribution in [-0.4, -0.2) is 94.9 Å². The number of nitrogens with zero attached hydrogens (tertiary/aromatic N) is 1. The minimum atomic E-state index is -0.371. The van der Waals surface area contributed by atoms with Crippen molar-refractivity contribution < 1.29 is 14.3 Å². The predicted octanol–water partition coefficient (Wildman–Crippen LogP) is 1.06. The van der Waals surface area contributed by atoms with Crippen LogP contribution in [0.25, 0.3) is 0 Å². The fourth-order valence-corrected chi connectivity index (χ4v) is 5.23. The van der Waals surface area contributed by atoms with Crippen LogP contribution >= 0.6 is 0 Å². The Kier molecular flexibility index (Phi) is 3.84. The summed E-state index contributed by atoms with van der Waals surface area (Å²) in [5, 5.41) is 0. The van der Waals surface area contributed by atoms with Gasteiger partial charge in [0.2, 0.25) is 0 Å². The van der Waals surface area contributed by atoms with Gasteiger partial charge in [-0.05, 0) is 44.1 Å². The molecule has 0 saturated carbocycles. The van der Waals surface area contributed by atoms with Crippen molar-refractivity contribution in [1.82, 2.24) is 4.90 Å². The van der Waals surface area contributed by atoms with Crippen molar-refractivity contribution in [3.05, 3.63) is 35.4 Å². The fourth-order valence-electron chi connectivity index (χ4n) is 5.23. The first kappa shape index (κ1) is 16.3. The summed E-state index contributed by atoms with van der Waals surface area (Å²) in [5.74, 6) is 2.03. The molecule has 5 rings (SSSR count). The molecule has 1 aromatic carbocycles. The van der Waals surface area contributed by atoms with E-state index in [4.69, 9.17) is 9.47 Å². The topological polar surface area (TPSA) is 38.8 Å². The molecule has 23 heavy (non-hydrogen) atoms. The number of hydrogen-bond acceptors (Lipinski definition) is 4. The number of likely N-dealkylation sites (N-methyl/N-ethyl adjacent to an activating group) is 1. The summed E-state index contributed by atoms with van der Waals surface area (Å²) in [4.78, 5) is 15.0. The Bertz CT molecular complexity index is 731. The second-order valence-electron chi connectivity index (χ2n) is 6.96. The van der Waals surface area contributed by atoms with Crippen LogP contribution < -0.4 is 9.47 Å². The van der Waals surface area contributed by atoms with E-state index in [1.807, 2.05) is 6.07 Å². The van der Waals surface area contributed by atoms with Gasteiger partial charge in [0, 0.05) is 17.5 Å². The SMILES string of the molecule is COc1ccc2c3c1O[C@H]1C(=O)C=C[C@H]4[C@@H](C2)N(C)CC[C@]314.[KH]. The minimum absolute atomic E-state index is 0. The van der Waals surface area contributed by atoms with Crippen LogP contribution in [0.2, 0.25) is 0 Å². The van der Waals surface area contributed by atoms with E-state index in [1.165, 1.54) is 11.1 Å². The maximum atomic E-state index is 12.5. The summed E-state index contributed by atoms with van der Waals surface area (Å²) < 4.78 is 11.7. The molecule has 116 valence electrons. The summed E-state index contributed by atoms with van der Waals surface area (Å²) in [5.41, 5.74) is 2.40. The number of methoxy groups -OCH3 is 1. The second-order valence-corrected chi connectivity index (χ2v) is 6.96. The van der Waals surface area contributed by atoms with Crippen molar-refractivity contribution in [3.8, 4) is 11.5 Å². The number of piperidine rings is 1. The van der Waals surface area contributed by atoms with E-state index in [1.54, 1.807) is 13.2 Å². The molecule has 5 heteroatoms. The fraction of sp³-hybridized carbons (Fsp3) is 0.500. The van der Waals surface area contributed by atoms with Crippen molar-refractivity contribution >= 4 is 57.2 Å². The Morgan fingerprint density at radius 1 is 1.39 bits per heavy atom. The van der Waals surface area contributed by atoms with Crippen LogP contribution in [0.4, 0.5) is 0 Å². The van der Waals surface area contributed by atoms with Crippen LogP contribution in [-0.2, 0) is 16.6 Å². The molecule has 4 aliphatic rings. The number of ketones is 1. The zero-order chi connectivity index (χ0) is 15.1. The first-order valence-electron chi connectivity index (χ1n) is 7.96. The van der Waals surface area contributed by atoms with Gasteiger partial charge in [-0.3, -0.25) is 4.79 Å². The summed E-state index contributed by atoms with van der Waals surface area (Å²) >= 11 is 0. The second kappa shape index (κ2) is 5.41. The van der Waals surface area contributed by atoms with Gasteiger partial charge in [0.25, 0.3) is 0 Å². The quantitative estimate of drug-likeness (QED) is 0.719. The summed E-state index contributed by atoms with van der Waals surface area (Å²) in [6, 6.07) is 4.60. The van der Waals surface area contributed by atoms with Crippen LogP contribution in [0.5, 0.6) is 11.5 Å². The van der Waals surface area contributed by atoms with Crippen molar-refractivity contribution in [2.45, 2.75) is 30.4 Å². The van der Waals surface area contributed by atoms with E-state index >= 15 is 0 Å². The average Bonchev–Trinajstić information content (AvgIpc) is 2.88.